The molecule has 0 fully saturated rings. The Morgan fingerprint density at radius 1 is 1.28 bits per heavy atom. The third-order valence-corrected chi connectivity index (χ3v) is 5.49. The maximum atomic E-state index is 6.56. The molecule has 3 heteroatoms. The van der Waals surface area contributed by atoms with E-state index in [9.17, 15) is 0 Å². The summed E-state index contributed by atoms with van der Waals surface area (Å²) in [5, 5.41) is 0.0108. The van der Waals surface area contributed by atoms with Crippen molar-refractivity contribution in [1.29, 1.82) is 0 Å². The minimum Gasteiger partial charge on any atom is -0.302 e. The minimum atomic E-state index is 0.0108. The van der Waals surface area contributed by atoms with Gasteiger partial charge in [-0.1, -0.05) is 30.3 Å². The van der Waals surface area contributed by atoms with Crippen molar-refractivity contribution in [3.8, 4) is 12.3 Å². The molecule has 0 aliphatic heterocycles. The maximum Gasteiger partial charge on any atom is 0.200 e. The molecule has 98 valence electrons. The van der Waals surface area contributed by atoms with Crippen molar-refractivity contribution in [2.24, 2.45) is 0 Å². The lowest BCUT2D eigenvalue weighted by atomic mass is 10.1. The predicted octanol–water partition coefficient (Wildman–Crippen LogP) is 4.22. The van der Waals surface area contributed by atoms with Gasteiger partial charge in [-0.05, 0) is 25.3 Å². The molecule has 0 bridgehead atoms. The Morgan fingerprint density at radius 2 is 1.83 bits per heavy atom. The monoisotopic (exact) mass is 376 g/mol. The van der Waals surface area contributed by atoms with Gasteiger partial charge in [-0.15, -0.1) is 18.0 Å². The highest BCUT2D eigenvalue weighted by molar-refractivity contribution is 14.1. The number of terminal acetylenes is 1. The van der Waals surface area contributed by atoms with E-state index in [4.69, 9.17) is 18.0 Å². The zero-order chi connectivity index (χ0) is 13.6. The molecule has 0 aromatic heterocycles. The second-order valence-corrected chi connectivity index (χ2v) is 6.12. The first-order valence-electron chi connectivity index (χ1n) is 6.24. The number of quaternary nitrogens is 1. The molecule has 1 nitrogen and oxygen atoms in total. The Kier molecular flexibility index (Phi) is 6.48. The molecule has 0 radical (unpaired) electrons. The Labute approximate surface area is 129 Å². The molecule has 0 amide bonds. The van der Waals surface area contributed by atoms with Gasteiger partial charge in [-0.2, -0.15) is 0 Å². The molecule has 1 aromatic carbocycles. The molecule has 0 aliphatic carbocycles. The van der Waals surface area contributed by atoms with Crippen molar-refractivity contribution in [1.82, 2.24) is 0 Å². The van der Waals surface area contributed by atoms with Gasteiger partial charge in [0.15, 0.2) is 0 Å². The van der Waals surface area contributed by atoms with E-state index in [1.807, 2.05) is 18.2 Å². The highest BCUT2D eigenvalue weighted by Gasteiger charge is 2.33. The SMILES string of the molecule is C#CC(I)[N+](CC)(CC)CC(Cl)c1ccccc1. The van der Waals surface area contributed by atoms with Crippen LogP contribution in [0.5, 0.6) is 0 Å². The number of rotatable bonds is 6. The van der Waals surface area contributed by atoms with Gasteiger partial charge in [-0.3, -0.25) is 0 Å². The highest BCUT2D eigenvalue weighted by Crippen LogP contribution is 2.28. The average molecular weight is 377 g/mol. The maximum absolute atomic E-state index is 6.56. The number of likely N-dealkylation sites (N-methyl/N-ethyl adjacent to an activating group) is 1. The van der Waals surface area contributed by atoms with Gasteiger partial charge in [0, 0.05) is 22.6 Å². The Morgan fingerprint density at radius 3 is 2.28 bits per heavy atom. The smallest absolute Gasteiger partial charge is 0.200 e. The molecule has 0 saturated carbocycles. The second-order valence-electron chi connectivity index (χ2n) is 4.41. The lowest BCUT2D eigenvalue weighted by Crippen LogP contribution is -2.53. The molecule has 0 N–H and O–H groups in total. The lowest BCUT2D eigenvalue weighted by Gasteiger charge is -2.40. The van der Waals surface area contributed by atoms with Crippen LogP contribution in [0, 0.1) is 12.3 Å². The van der Waals surface area contributed by atoms with Gasteiger partial charge in [0.05, 0.1) is 13.1 Å². The van der Waals surface area contributed by atoms with Crippen molar-refractivity contribution < 1.29 is 4.48 Å². The van der Waals surface area contributed by atoms with Gasteiger partial charge in [0.1, 0.15) is 11.9 Å². The van der Waals surface area contributed by atoms with E-state index in [1.54, 1.807) is 0 Å². The van der Waals surface area contributed by atoms with E-state index < -0.39 is 0 Å². The van der Waals surface area contributed by atoms with E-state index in [0.29, 0.717) is 0 Å². The van der Waals surface area contributed by atoms with E-state index >= 15 is 0 Å². The van der Waals surface area contributed by atoms with E-state index in [-0.39, 0.29) is 9.43 Å². The summed E-state index contributed by atoms with van der Waals surface area (Å²) in [6.07, 6.45) is 5.61. The largest absolute Gasteiger partial charge is 0.302 e. The van der Waals surface area contributed by atoms with Crippen LogP contribution in [-0.4, -0.2) is 28.2 Å². The zero-order valence-corrected chi connectivity index (χ0v) is 13.9. The number of halogens is 2. The third-order valence-electron chi connectivity index (χ3n) is 3.56. The summed E-state index contributed by atoms with van der Waals surface area (Å²) in [6, 6.07) is 10.2. The standard InChI is InChI=1S/C15H20ClIN/c1-4-15(17)18(5-2,6-3)12-14(16)13-10-8-7-9-11-13/h1,7-11,14-15H,5-6,12H2,2-3H3/q+1. The van der Waals surface area contributed by atoms with Crippen molar-refractivity contribution >= 4 is 34.2 Å². The molecule has 1 rings (SSSR count). The van der Waals surface area contributed by atoms with Crippen LogP contribution < -0.4 is 0 Å². The molecule has 1 aromatic rings. The Bertz CT molecular complexity index is 395. The van der Waals surface area contributed by atoms with E-state index in [2.05, 4.69) is 54.5 Å². The van der Waals surface area contributed by atoms with Crippen molar-refractivity contribution in [3.05, 3.63) is 35.9 Å². The number of alkyl halides is 2. The average Bonchev–Trinajstić information content (AvgIpc) is 2.44. The van der Waals surface area contributed by atoms with Crippen LogP contribution in [-0.2, 0) is 0 Å². The summed E-state index contributed by atoms with van der Waals surface area (Å²) in [7, 11) is 0. The van der Waals surface area contributed by atoms with Crippen molar-refractivity contribution in [2.45, 2.75) is 23.3 Å². The summed E-state index contributed by atoms with van der Waals surface area (Å²) in [4.78, 5) is 0. The summed E-state index contributed by atoms with van der Waals surface area (Å²) in [5.74, 6) is 2.86. The summed E-state index contributed by atoms with van der Waals surface area (Å²) < 4.78 is 1.03. The predicted molar refractivity (Wildman–Crippen MR) is 87.9 cm³/mol. The molecule has 2 unspecified atom stereocenters. The lowest BCUT2D eigenvalue weighted by molar-refractivity contribution is -0.923. The second kappa shape index (κ2) is 7.37. The van der Waals surface area contributed by atoms with Crippen LogP contribution in [0.25, 0.3) is 0 Å². The first kappa shape index (κ1) is 15.8. The topological polar surface area (TPSA) is 0 Å². The Balaban J connectivity index is 2.88. The van der Waals surface area contributed by atoms with Gasteiger partial charge >= 0.3 is 0 Å². The van der Waals surface area contributed by atoms with Gasteiger partial charge < -0.3 is 4.48 Å². The molecular formula is C15H20ClIN+. The number of benzene rings is 1. The number of nitrogens with zero attached hydrogens (tertiary/aromatic N) is 1. The number of hydrogen-bond acceptors (Lipinski definition) is 0. The van der Waals surface area contributed by atoms with Crippen LogP contribution in [0.1, 0.15) is 24.8 Å². The van der Waals surface area contributed by atoms with Crippen LogP contribution in [0.3, 0.4) is 0 Å². The molecule has 2 atom stereocenters. The molecule has 0 aliphatic rings. The fraction of sp³-hybridized carbons (Fsp3) is 0.467. The zero-order valence-electron chi connectivity index (χ0n) is 10.9. The fourth-order valence-corrected chi connectivity index (χ4v) is 3.58. The first-order chi connectivity index (χ1) is 8.59. The molecule has 18 heavy (non-hydrogen) atoms. The Hall–Kier alpha value is -0.240. The van der Waals surface area contributed by atoms with Crippen molar-refractivity contribution in [3.63, 3.8) is 0 Å². The van der Waals surface area contributed by atoms with Crippen molar-refractivity contribution in [2.75, 3.05) is 19.6 Å². The van der Waals surface area contributed by atoms with Crippen LogP contribution in [0.4, 0.5) is 0 Å². The van der Waals surface area contributed by atoms with E-state index in [0.717, 1.165) is 24.1 Å². The summed E-state index contributed by atoms with van der Waals surface area (Å²) in [6.45, 7) is 7.24. The minimum absolute atomic E-state index is 0.0108. The van der Waals surface area contributed by atoms with Gasteiger partial charge in [0.2, 0.25) is 4.05 Å². The molecular weight excluding hydrogens is 357 g/mol. The van der Waals surface area contributed by atoms with E-state index in [1.165, 1.54) is 5.56 Å². The van der Waals surface area contributed by atoms with Crippen LogP contribution in [0.2, 0.25) is 0 Å². The highest BCUT2D eigenvalue weighted by atomic mass is 127. The molecule has 0 saturated heterocycles. The molecule has 0 heterocycles. The van der Waals surface area contributed by atoms with Gasteiger partial charge in [-0.25, -0.2) is 0 Å². The fourth-order valence-electron chi connectivity index (χ4n) is 2.14. The summed E-state index contributed by atoms with van der Waals surface area (Å²) in [5.41, 5.74) is 1.17. The van der Waals surface area contributed by atoms with Crippen LogP contribution >= 0.6 is 34.2 Å². The third kappa shape index (κ3) is 3.63. The van der Waals surface area contributed by atoms with Gasteiger partial charge in [0.25, 0.3) is 0 Å². The molecule has 0 spiro atoms. The normalized spacial score (nSPS) is 14.8. The van der Waals surface area contributed by atoms with Crippen LogP contribution in [0.15, 0.2) is 30.3 Å². The quantitative estimate of drug-likeness (QED) is 0.229. The number of hydrogen-bond donors (Lipinski definition) is 0. The first-order valence-corrected chi connectivity index (χ1v) is 7.92. The summed E-state index contributed by atoms with van der Waals surface area (Å²) >= 11 is 8.91.